The molecule has 0 aromatic carbocycles. The second kappa shape index (κ2) is 5.05. The molecule has 4 N–H and O–H groups in total. The number of carboxylic acids is 1. The molecule has 2 heterocycles. The van der Waals surface area contributed by atoms with E-state index in [1.165, 1.54) is 11.3 Å². The summed E-state index contributed by atoms with van der Waals surface area (Å²) in [6.07, 6.45) is 0.398. The maximum atomic E-state index is 12.0. The number of hydrogen-bond acceptors (Lipinski definition) is 5. The number of nitrogens with one attached hydrogen (secondary N) is 1. The number of aliphatic carboxylic acids is 1. The van der Waals surface area contributed by atoms with E-state index in [-0.39, 0.29) is 6.61 Å². The topological polar surface area (TPSA) is 102 Å². The van der Waals surface area contributed by atoms with E-state index < -0.39 is 23.5 Å². The number of rotatable bonds is 4. The van der Waals surface area contributed by atoms with Crippen molar-refractivity contribution < 1.29 is 19.4 Å². The molecule has 1 aromatic heterocycles. The first-order valence-corrected chi connectivity index (χ1v) is 6.35. The van der Waals surface area contributed by atoms with E-state index >= 15 is 0 Å². The van der Waals surface area contributed by atoms with Crippen molar-refractivity contribution in [1.82, 2.24) is 5.32 Å². The Kier molecular flexibility index (Phi) is 3.65. The fraction of sp³-hybridized carbons (Fsp3) is 0.455. The lowest BCUT2D eigenvalue weighted by molar-refractivity contribution is -0.142. The highest BCUT2D eigenvalue weighted by molar-refractivity contribution is 7.10. The van der Waals surface area contributed by atoms with Crippen molar-refractivity contribution in [2.24, 2.45) is 5.73 Å². The lowest BCUT2D eigenvalue weighted by Gasteiger charge is -2.23. The molecular weight excluding hydrogens is 256 g/mol. The molecule has 1 aliphatic heterocycles. The highest BCUT2D eigenvalue weighted by atomic mass is 32.1. The van der Waals surface area contributed by atoms with Gasteiger partial charge in [0.2, 0.25) is 5.91 Å². The van der Waals surface area contributed by atoms with Crippen LogP contribution in [0, 0.1) is 0 Å². The summed E-state index contributed by atoms with van der Waals surface area (Å²) in [7, 11) is 0. The Morgan fingerprint density at radius 1 is 1.61 bits per heavy atom. The molecule has 2 rings (SSSR count). The van der Waals surface area contributed by atoms with Crippen molar-refractivity contribution in [1.29, 1.82) is 0 Å². The van der Waals surface area contributed by atoms with Gasteiger partial charge in [-0.05, 0) is 17.9 Å². The van der Waals surface area contributed by atoms with E-state index in [0.717, 1.165) is 0 Å². The van der Waals surface area contributed by atoms with Gasteiger partial charge in [0.05, 0.1) is 6.61 Å². The van der Waals surface area contributed by atoms with Crippen molar-refractivity contribution >= 4 is 23.2 Å². The normalized spacial score (nSPS) is 24.7. The summed E-state index contributed by atoms with van der Waals surface area (Å²) >= 11 is 1.28. The molecule has 1 fully saturated rings. The second-order valence-corrected chi connectivity index (χ2v) is 5.20. The second-order valence-electron chi connectivity index (χ2n) is 4.22. The summed E-state index contributed by atoms with van der Waals surface area (Å²) in [6, 6.07) is 2.34. The van der Waals surface area contributed by atoms with Crippen molar-refractivity contribution in [3.8, 4) is 0 Å². The number of hydrogen-bond donors (Lipinski definition) is 3. The molecule has 2 unspecified atom stereocenters. The largest absolute Gasteiger partial charge is 0.479 e. The van der Waals surface area contributed by atoms with E-state index in [9.17, 15) is 9.59 Å². The molecule has 18 heavy (non-hydrogen) atoms. The Hall–Kier alpha value is -1.44. The third-order valence-corrected chi connectivity index (χ3v) is 3.79. The Labute approximate surface area is 108 Å². The molecule has 6 nitrogen and oxygen atoms in total. The van der Waals surface area contributed by atoms with Crippen LogP contribution >= 0.6 is 11.3 Å². The average Bonchev–Trinajstić information content (AvgIpc) is 2.96. The van der Waals surface area contributed by atoms with Gasteiger partial charge in [-0.25, -0.2) is 4.79 Å². The SMILES string of the molecule is NC1(C(=O)NC(C(=O)O)c2cccs2)CCOC1. The molecule has 0 saturated carbocycles. The molecule has 0 bridgehead atoms. The number of carboxylic acid groups (broad SMARTS) is 1. The van der Waals surface area contributed by atoms with E-state index in [0.29, 0.717) is 17.9 Å². The van der Waals surface area contributed by atoms with Gasteiger partial charge < -0.3 is 20.9 Å². The van der Waals surface area contributed by atoms with Gasteiger partial charge in [-0.1, -0.05) is 6.07 Å². The highest BCUT2D eigenvalue weighted by Gasteiger charge is 2.40. The zero-order valence-electron chi connectivity index (χ0n) is 9.59. The van der Waals surface area contributed by atoms with Crippen LogP contribution in [-0.2, 0) is 14.3 Å². The zero-order valence-corrected chi connectivity index (χ0v) is 10.4. The lowest BCUT2D eigenvalue weighted by Crippen LogP contribution is -2.55. The van der Waals surface area contributed by atoms with Gasteiger partial charge in [-0.15, -0.1) is 11.3 Å². The maximum Gasteiger partial charge on any atom is 0.331 e. The fourth-order valence-corrected chi connectivity index (χ4v) is 2.51. The molecular formula is C11H14N2O4S. The fourth-order valence-electron chi connectivity index (χ4n) is 1.74. The number of carbonyl (C=O) groups is 2. The zero-order chi connectivity index (χ0) is 13.2. The van der Waals surface area contributed by atoms with E-state index in [4.69, 9.17) is 15.6 Å². The summed E-state index contributed by atoms with van der Waals surface area (Å²) < 4.78 is 5.08. The van der Waals surface area contributed by atoms with Gasteiger partial charge in [0, 0.05) is 11.5 Å². The summed E-state index contributed by atoms with van der Waals surface area (Å²) in [6.45, 7) is 0.538. The number of carbonyl (C=O) groups excluding carboxylic acids is 1. The summed E-state index contributed by atoms with van der Waals surface area (Å²) in [5, 5.41) is 13.4. The van der Waals surface area contributed by atoms with Crippen LogP contribution in [0.2, 0.25) is 0 Å². The lowest BCUT2D eigenvalue weighted by atomic mass is 9.98. The van der Waals surface area contributed by atoms with Gasteiger partial charge >= 0.3 is 5.97 Å². The van der Waals surface area contributed by atoms with Gasteiger partial charge in [0.25, 0.3) is 0 Å². The Bertz CT molecular complexity index is 440. The van der Waals surface area contributed by atoms with Crippen molar-refractivity contribution in [3.63, 3.8) is 0 Å². The molecule has 98 valence electrons. The summed E-state index contributed by atoms with van der Waals surface area (Å²) in [4.78, 5) is 23.7. The smallest absolute Gasteiger partial charge is 0.331 e. The van der Waals surface area contributed by atoms with Gasteiger partial charge in [-0.3, -0.25) is 4.79 Å². The van der Waals surface area contributed by atoms with E-state index in [1.54, 1.807) is 17.5 Å². The summed E-state index contributed by atoms with van der Waals surface area (Å²) in [5.41, 5.74) is 4.76. The van der Waals surface area contributed by atoms with Crippen molar-refractivity contribution in [3.05, 3.63) is 22.4 Å². The van der Waals surface area contributed by atoms with Gasteiger partial charge in [0.1, 0.15) is 5.54 Å². The molecule has 1 amide bonds. The minimum Gasteiger partial charge on any atom is -0.479 e. The van der Waals surface area contributed by atoms with Crippen LogP contribution in [0.3, 0.4) is 0 Å². The number of thiophene rings is 1. The molecule has 0 radical (unpaired) electrons. The monoisotopic (exact) mass is 270 g/mol. The van der Waals surface area contributed by atoms with Crippen LogP contribution in [-0.4, -0.2) is 35.7 Å². The van der Waals surface area contributed by atoms with E-state index in [1.807, 2.05) is 0 Å². The molecule has 7 heteroatoms. The third kappa shape index (κ3) is 2.53. The first-order chi connectivity index (χ1) is 8.53. The Balaban J connectivity index is 2.10. The Morgan fingerprint density at radius 2 is 2.39 bits per heavy atom. The molecule has 2 atom stereocenters. The van der Waals surface area contributed by atoms with Crippen LogP contribution in [0.5, 0.6) is 0 Å². The molecule has 1 aliphatic rings. The highest BCUT2D eigenvalue weighted by Crippen LogP contribution is 2.22. The molecule has 0 aliphatic carbocycles. The van der Waals surface area contributed by atoms with Crippen LogP contribution in [0.25, 0.3) is 0 Å². The molecule has 0 spiro atoms. The van der Waals surface area contributed by atoms with E-state index in [2.05, 4.69) is 5.32 Å². The molecule has 1 aromatic rings. The predicted molar refractivity (Wildman–Crippen MR) is 65.2 cm³/mol. The van der Waals surface area contributed by atoms with Crippen LogP contribution in [0.15, 0.2) is 17.5 Å². The van der Waals surface area contributed by atoms with Gasteiger partial charge in [-0.2, -0.15) is 0 Å². The summed E-state index contributed by atoms with van der Waals surface area (Å²) in [5.74, 6) is -1.59. The number of ether oxygens (including phenoxy) is 1. The van der Waals surface area contributed by atoms with Crippen LogP contribution in [0.4, 0.5) is 0 Å². The van der Waals surface area contributed by atoms with Gasteiger partial charge in [0.15, 0.2) is 6.04 Å². The number of nitrogens with two attached hydrogens (primary N) is 1. The Morgan fingerprint density at radius 3 is 2.89 bits per heavy atom. The minimum atomic E-state index is -1.12. The quantitative estimate of drug-likeness (QED) is 0.720. The predicted octanol–water partition coefficient (Wildman–Crippen LogP) is 0.108. The first-order valence-electron chi connectivity index (χ1n) is 5.47. The average molecular weight is 270 g/mol. The first kappa shape index (κ1) is 13.0. The standard InChI is InChI=1S/C11H14N2O4S/c12-11(3-4-17-6-11)10(16)13-8(9(14)15)7-2-1-5-18-7/h1-2,5,8H,3-4,6,12H2,(H,13,16)(H,14,15). The van der Waals surface area contributed by atoms with Crippen LogP contribution < -0.4 is 11.1 Å². The molecule has 1 saturated heterocycles. The minimum absolute atomic E-state index is 0.121. The van der Waals surface area contributed by atoms with Crippen molar-refractivity contribution in [2.45, 2.75) is 18.0 Å². The maximum absolute atomic E-state index is 12.0. The third-order valence-electron chi connectivity index (χ3n) is 2.85. The van der Waals surface area contributed by atoms with Crippen molar-refractivity contribution in [2.75, 3.05) is 13.2 Å². The number of amides is 1. The van der Waals surface area contributed by atoms with Crippen LogP contribution in [0.1, 0.15) is 17.3 Å².